The number of rotatable bonds is 3. The van der Waals surface area contributed by atoms with Gasteiger partial charge in [-0.25, -0.2) is 9.97 Å². The van der Waals surface area contributed by atoms with E-state index in [1.165, 1.54) is 6.20 Å². The molecule has 0 aliphatic carbocycles. The van der Waals surface area contributed by atoms with E-state index in [1.807, 2.05) is 6.07 Å². The quantitative estimate of drug-likeness (QED) is 0.676. The number of anilines is 1. The lowest BCUT2D eigenvalue weighted by Crippen LogP contribution is -2.37. The molecule has 120 valence electrons. The van der Waals surface area contributed by atoms with Gasteiger partial charge in [0.25, 0.3) is 0 Å². The van der Waals surface area contributed by atoms with Gasteiger partial charge in [-0.2, -0.15) is 0 Å². The molecule has 0 unspecified atom stereocenters. The number of carbonyl (C=O) groups excluding carboxylic acids is 1. The number of hydrogen-bond acceptors (Lipinski definition) is 7. The number of pyridine rings is 2. The van der Waals surface area contributed by atoms with Crippen molar-refractivity contribution in [2.75, 3.05) is 31.2 Å². The van der Waals surface area contributed by atoms with Crippen LogP contribution in [-0.4, -0.2) is 52.0 Å². The number of aromatic nitrogens is 4. The van der Waals surface area contributed by atoms with E-state index < -0.39 is 0 Å². The summed E-state index contributed by atoms with van der Waals surface area (Å²) in [7, 11) is 0. The fraction of sp³-hybridized carbons (Fsp3) is 0.235. The van der Waals surface area contributed by atoms with Crippen molar-refractivity contribution in [3.05, 3.63) is 54.2 Å². The third-order valence-corrected chi connectivity index (χ3v) is 3.87. The first kappa shape index (κ1) is 14.6. The molecular weight excluding hydrogens is 306 g/mol. The zero-order valence-corrected chi connectivity index (χ0v) is 12.9. The lowest BCUT2D eigenvalue weighted by atomic mass is 10.2. The van der Waals surface area contributed by atoms with Crippen molar-refractivity contribution < 1.29 is 9.53 Å². The van der Waals surface area contributed by atoms with Crippen LogP contribution in [0.3, 0.4) is 0 Å². The molecule has 7 nitrogen and oxygen atoms in total. The molecule has 7 heteroatoms. The van der Waals surface area contributed by atoms with Crippen molar-refractivity contribution in [3.63, 3.8) is 0 Å². The average Bonchev–Trinajstić information content (AvgIpc) is 2.68. The fourth-order valence-electron chi connectivity index (χ4n) is 2.68. The number of nitrogens with zero attached hydrogens (tertiary/aromatic N) is 5. The molecule has 0 aromatic carbocycles. The zero-order chi connectivity index (χ0) is 16.4. The first-order chi connectivity index (χ1) is 11.8. The molecule has 0 amide bonds. The first-order valence-electron chi connectivity index (χ1n) is 7.73. The first-order valence-corrected chi connectivity index (χ1v) is 7.73. The molecule has 4 heterocycles. The molecule has 3 aromatic rings. The summed E-state index contributed by atoms with van der Waals surface area (Å²) < 4.78 is 5.40. The van der Waals surface area contributed by atoms with Gasteiger partial charge in [0.2, 0.25) is 11.6 Å². The van der Waals surface area contributed by atoms with Crippen LogP contribution in [0.1, 0.15) is 16.2 Å². The van der Waals surface area contributed by atoms with Crippen LogP contribution in [0.4, 0.5) is 5.82 Å². The maximum atomic E-state index is 12.7. The topological polar surface area (TPSA) is 81.1 Å². The van der Waals surface area contributed by atoms with E-state index in [9.17, 15) is 4.79 Å². The van der Waals surface area contributed by atoms with Gasteiger partial charge in [0.15, 0.2) is 5.82 Å². The Morgan fingerprint density at radius 3 is 2.71 bits per heavy atom. The highest BCUT2D eigenvalue weighted by Crippen LogP contribution is 2.23. The van der Waals surface area contributed by atoms with Crippen molar-refractivity contribution in [2.24, 2.45) is 0 Å². The zero-order valence-electron chi connectivity index (χ0n) is 12.9. The Morgan fingerprint density at radius 1 is 1.08 bits per heavy atom. The van der Waals surface area contributed by atoms with E-state index in [4.69, 9.17) is 4.74 Å². The molecule has 0 N–H and O–H groups in total. The van der Waals surface area contributed by atoms with E-state index in [-0.39, 0.29) is 11.6 Å². The van der Waals surface area contributed by atoms with Crippen LogP contribution in [-0.2, 0) is 4.74 Å². The molecule has 1 aliphatic heterocycles. The molecule has 0 spiro atoms. The Labute approximate surface area is 138 Å². The summed E-state index contributed by atoms with van der Waals surface area (Å²) in [4.78, 5) is 32.1. The summed E-state index contributed by atoms with van der Waals surface area (Å²) >= 11 is 0. The third-order valence-electron chi connectivity index (χ3n) is 3.87. The van der Waals surface area contributed by atoms with Crippen LogP contribution in [0.5, 0.6) is 0 Å². The lowest BCUT2D eigenvalue weighted by Gasteiger charge is -2.28. The number of morpholine rings is 1. The summed E-state index contributed by atoms with van der Waals surface area (Å²) in [6.45, 7) is 2.68. The van der Waals surface area contributed by atoms with Gasteiger partial charge in [-0.1, -0.05) is 0 Å². The minimum absolute atomic E-state index is 0.157. The van der Waals surface area contributed by atoms with Crippen LogP contribution < -0.4 is 4.90 Å². The maximum absolute atomic E-state index is 12.7. The van der Waals surface area contributed by atoms with Crippen LogP contribution in [0.25, 0.3) is 11.0 Å². The third kappa shape index (κ3) is 2.69. The minimum Gasteiger partial charge on any atom is -0.378 e. The van der Waals surface area contributed by atoms with E-state index in [0.717, 1.165) is 0 Å². The number of fused-ring (bicyclic) bond motifs is 1. The highest BCUT2D eigenvalue weighted by molar-refractivity contribution is 6.07. The summed E-state index contributed by atoms with van der Waals surface area (Å²) in [5, 5.41) is 0. The predicted molar refractivity (Wildman–Crippen MR) is 88.0 cm³/mol. The molecule has 3 aromatic heterocycles. The van der Waals surface area contributed by atoms with Crippen molar-refractivity contribution in [1.82, 2.24) is 19.9 Å². The number of carbonyl (C=O) groups is 1. The summed E-state index contributed by atoms with van der Waals surface area (Å²) in [6, 6.07) is 7.07. The Bertz CT molecular complexity index is 879. The highest BCUT2D eigenvalue weighted by Gasteiger charge is 2.21. The molecule has 0 bridgehead atoms. The second-order valence-corrected chi connectivity index (χ2v) is 5.41. The second kappa shape index (κ2) is 6.29. The number of ether oxygens (including phenoxy) is 1. The SMILES string of the molecule is O=C(c1cccnc1)c1nc(N2CCOCC2)c2ncccc2n1. The van der Waals surface area contributed by atoms with E-state index in [2.05, 4.69) is 24.8 Å². The van der Waals surface area contributed by atoms with Crippen LogP contribution >= 0.6 is 0 Å². The monoisotopic (exact) mass is 321 g/mol. The fourth-order valence-corrected chi connectivity index (χ4v) is 2.68. The second-order valence-electron chi connectivity index (χ2n) is 5.41. The molecular formula is C17H15N5O2. The van der Waals surface area contributed by atoms with Gasteiger partial charge in [0.1, 0.15) is 5.52 Å². The van der Waals surface area contributed by atoms with Crippen LogP contribution in [0.2, 0.25) is 0 Å². The van der Waals surface area contributed by atoms with Crippen molar-refractivity contribution in [2.45, 2.75) is 0 Å². The van der Waals surface area contributed by atoms with Crippen molar-refractivity contribution in [1.29, 1.82) is 0 Å². The van der Waals surface area contributed by atoms with E-state index in [0.29, 0.717) is 48.7 Å². The van der Waals surface area contributed by atoms with E-state index in [1.54, 1.807) is 30.6 Å². The minimum atomic E-state index is -0.247. The molecule has 1 aliphatic rings. The molecule has 0 saturated carbocycles. The summed E-state index contributed by atoms with van der Waals surface area (Å²) in [6.07, 6.45) is 4.85. The largest absolute Gasteiger partial charge is 0.378 e. The van der Waals surface area contributed by atoms with Crippen LogP contribution in [0, 0.1) is 0 Å². The Morgan fingerprint density at radius 2 is 1.92 bits per heavy atom. The van der Waals surface area contributed by atoms with Crippen LogP contribution in [0.15, 0.2) is 42.9 Å². The summed E-state index contributed by atoms with van der Waals surface area (Å²) in [5.41, 5.74) is 1.82. The number of ketones is 1. The normalized spacial score (nSPS) is 14.8. The van der Waals surface area contributed by atoms with Gasteiger partial charge in [-0.15, -0.1) is 0 Å². The molecule has 1 fully saturated rings. The highest BCUT2D eigenvalue weighted by atomic mass is 16.5. The van der Waals surface area contributed by atoms with Crippen molar-refractivity contribution >= 4 is 22.6 Å². The maximum Gasteiger partial charge on any atom is 0.231 e. The smallest absolute Gasteiger partial charge is 0.231 e. The summed E-state index contributed by atoms with van der Waals surface area (Å²) in [5.74, 6) is 0.587. The van der Waals surface area contributed by atoms with Gasteiger partial charge in [-0.3, -0.25) is 14.8 Å². The van der Waals surface area contributed by atoms with Gasteiger partial charge < -0.3 is 9.64 Å². The van der Waals surface area contributed by atoms with Gasteiger partial charge in [0, 0.05) is 37.2 Å². The molecule has 1 saturated heterocycles. The van der Waals surface area contributed by atoms with Crippen molar-refractivity contribution in [3.8, 4) is 0 Å². The molecule has 4 rings (SSSR count). The average molecular weight is 321 g/mol. The Balaban J connectivity index is 1.83. The molecule has 0 radical (unpaired) electrons. The number of hydrogen-bond donors (Lipinski definition) is 0. The van der Waals surface area contributed by atoms with Gasteiger partial charge in [0.05, 0.1) is 18.7 Å². The predicted octanol–water partition coefficient (Wildman–Crippen LogP) is 1.49. The Hall–Kier alpha value is -2.93. The lowest BCUT2D eigenvalue weighted by molar-refractivity contribution is 0.102. The van der Waals surface area contributed by atoms with Gasteiger partial charge in [-0.05, 0) is 24.3 Å². The standard InChI is InChI=1S/C17H15N5O2/c23-15(12-3-1-5-18-11-12)16-20-13-4-2-6-19-14(13)17(21-16)22-7-9-24-10-8-22/h1-6,11H,7-10H2. The molecule has 0 atom stereocenters. The van der Waals surface area contributed by atoms with Gasteiger partial charge >= 0.3 is 0 Å². The Kier molecular flexibility index (Phi) is 3.84. The molecule has 24 heavy (non-hydrogen) atoms. The van der Waals surface area contributed by atoms with E-state index >= 15 is 0 Å².